The maximum Gasteiger partial charge on any atom is 0.338 e. The molecule has 1 aromatic heterocycles. The van der Waals surface area contributed by atoms with E-state index in [2.05, 4.69) is 31.2 Å². The van der Waals surface area contributed by atoms with E-state index in [1.165, 1.54) is 24.6 Å². The second-order valence-corrected chi connectivity index (χ2v) is 6.12. The minimum atomic E-state index is -0.683. The maximum absolute atomic E-state index is 13.5. The van der Waals surface area contributed by atoms with Gasteiger partial charge in [-0.25, -0.2) is 14.2 Å². The van der Waals surface area contributed by atoms with Crippen LogP contribution >= 0.6 is 15.9 Å². The molecule has 8 heteroatoms. The second kappa shape index (κ2) is 7.18. The zero-order valence-corrected chi connectivity index (χ0v) is 15.1. The number of amidine groups is 1. The van der Waals surface area contributed by atoms with Gasteiger partial charge in [-0.2, -0.15) is 0 Å². The van der Waals surface area contributed by atoms with Gasteiger partial charge in [0.15, 0.2) is 5.84 Å². The summed E-state index contributed by atoms with van der Waals surface area (Å²) in [6.45, 7) is 3.71. The second-order valence-electron chi connectivity index (χ2n) is 5.27. The number of allylic oxidation sites excluding steroid dienone is 1. The first-order valence-corrected chi connectivity index (χ1v) is 8.38. The molecule has 6 nitrogen and oxygen atoms in total. The minimum absolute atomic E-state index is 0.239. The number of esters is 1. The number of hydrogen-bond donors (Lipinski definition) is 1. The van der Waals surface area contributed by atoms with Crippen molar-refractivity contribution in [3.8, 4) is 0 Å². The molecule has 0 radical (unpaired) electrons. The molecule has 0 amide bonds. The zero-order chi connectivity index (χ0) is 18.0. The van der Waals surface area contributed by atoms with Crippen molar-refractivity contribution in [3.05, 3.63) is 63.7 Å². The van der Waals surface area contributed by atoms with E-state index in [1.54, 1.807) is 19.9 Å². The van der Waals surface area contributed by atoms with Crippen LogP contribution in [0, 0.1) is 5.82 Å². The standard InChI is InChI=1S/C17H15BrFN3O3/c1-3-24-17(23)13-9(2)21-15(16-20-6-7-25-16)22-14(13)11-5-4-10(19)8-12(11)18/h4-8,14H,3H2,1-2H3,(H,21,22). The fraction of sp³-hybridized carbons (Fsp3) is 0.235. The monoisotopic (exact) mass is 407 g/mol. The van der Waals surface area contributed by atoms with Crippen LogP contribution in [0.25, 0.3) is 0 Å². The molecule has 0 saturated carbocycles. The maximum atomic E-state index is 13.5. The Labute approximate surface area is 151 Å². The summed E-state index contributed by atoms with van der Waals surface area (Å²) in [5, 5.41) is 3.02. The molecule has 1 aliphatic rings. The molecule has 0 saturated heterocycles. The lowest BCUT2D eigenvalue weighted by Gasteiger charge is -2.25. The van der Waals surface area contributed by atoms with Crippen molar-refractivity contribution < 1.29 is 18.3 Å². The van der Waals surface area contributed by atoms with Gasteiger partial charge in [0.1, 0.15) is 18.1 Å². The molecule has 1 atom stereocenters. The molecule has 1 aromatic carbocycles. The highest BCUT2D eigenvalue weighted by Crippen LogP contribution is 2.36. The van der Waals surface area contributed by atoms with Crippen molar-refractivity contribution in [2.24, 2.45) is 4.99 Å². The van der Waals surface area contributed by atoms with Crippen molar-refractivity contribution in [1.29, 1.82) is 0 Å². The van der Waals surface area contributed by atoms with Crippen LogP contribution in [0.15, 0.2) is 55.8 Å². The average molecular weight is 408 g/mol. The third-order valence-corrected chi connectivity index (χ3v) is 4.32. The Hall–Kier alpha value is -2.48. The smallest absolute Gasteiger partial charge is 0.338 e. The summed E-state index contributed by atoms with van der Waals surface area (Å²) >= 11 is 3.34. The summed E-state index contributed by atoms with van der Waals surface area (Å²) in [6, 6.07) is 3.55. The molecule has 0 bridgehead atoms. The van der Waals surface area contributed by atoms with Crippen LogP contribution in [-0.2, 0) is 9.53 Å². The largest absolute Gasteiger partial charge is 0.463 e. The van der Waals surface area contributed by atoms with Crippen LogP contribution in [0.1, 0.15) is 31.3 Å². The van der Waals surface area contributed by atoms with E-state index in [0.29, 0.717) is 33.0 Å². The highest BCUT2D eigenvalue weighted by atomic mass is 79.9. The van der Waals surface area contributed by atoms with Crippen LogP contribution < -0.4 is 5.32 Å². The van der Waals surface area contributed by atoms with Crippen molar-refractivity contribution in [1.82, 2.24) is 10.3 Å². The van der Waals surface area contributed by atoms with E-state index in [-0.39, 0.29) is 12.4 Å². The predicted molar refractivity (Wildman–Crippen MR) is 92.3 cm³/mol. The summed E-state index contributed by atoms with van der Waals surface area (Å²) in [4.78, 5) is 21.1. The average Bonchev–Trinajstić information content (AvgIpc) is 3.08. The van der Waals surface area contributed by atoms with Gasteiger partial charge in [0, 0.05) is 10.2 Å². The van der Waals surface area contributed by atoms with Crippen molar-refractivity contribution in [2.45, 2.75) is 19.9 Å². The number of nitrogens with zero attached hydrogens (tertiary/aromatic N) is 2. The van der Waals surface area contributed by atoms with E-state index in [9.17, 15) is 9.18 Å². The number of aliphatic imine (C=N–C) groups is 1. The van der Waals surface area contributed by atoms with Gasteiger partial charge in [0.05, 0.1) is 18.4 Å². The molecule has 0 fully saturated rings. The normalized spacial score (nSPS) is 17.1. The Morgan fingerprint density at radius 1 is 1.48 bits per heavy atom. The molecule has 130 valence electrons. The van der Waals surface area contributed by atoms with Gasteiger partial charge in [-0.1, -0.05) is 22.0 Å². The van der Waals surface area contributed by atoms with Crippen LogP contribution in [0.3, 0.4) is 0 Å². The highest BCUT2D eigenvalue weighted by molar-refractivity contribution is 9.10. The van der Waals surface area contributed by atoms with E-state index in [0.717, 1.165) is 0 Å². The number of halogens is 2. The third kappa shape index (κ3) is 3.48. The van der Waals surface area contributed by atoms with Gasteiger partial charge in [-0.3, -0.25) is 4.99 Å². The van der Waals surface area contributed by atoms with Gasteiger partial charge in [-0.15, -0.1) is 0 Å². The molecule has 1 N–H and O–H groups in total. The molecule has 2 heterocycles. The molecule has 0 aliphatic carbocycles. The molecule has 1 unspecified atom stereocenters. The Bertz CT molecular complexity index is 862. The number of ether oxygens (including phenoxy) is 1. The summed E-state index contributed by atoms with van der Waals surface area (Å²) in [5.74, 6) is -0.189. The van der Waals surface area contributed by atoms with Gasteiger partial charge in [0.25, 0.3) is 5.89 Å². The van der Waals surface area contributed by atoms with E-state index in [4.69, 9.17) is 9.15 Å². The Morgan fingerprint density at radius 2 is 2.28 bits per heavy atom. The molecule has 2 aromatic rings. The number of rotatable bonds is 4. The molecule has 1 aliphatic heterocycles. The predicted octanol–water partition coefficient (Wildman–Crippen LogP) is 3.50. The van der Waals surface area contributed by atoms with Crippen LogP contribution in [0.5, 0.6) is 0 Å². The number of carbonyl (C=O) groups is 1. The molecule has 0 spiro atoms. The number of carbonyl (C=O) groups excluding carboxylic acids is 1. The molecular formula is C17H15BrFN3O3. The van der Waals surface area contributed by atoms with Crippen molar-refractivity contribution >= 4 is 27.7 Å². The van der Waals surface area contributed by atoms with Gasteiger partial charge in [0.2, 0.25) is 0 Å². The number of oxazole rings is 1. The summed E-state index contributed by atoms with van der Waals surface area (Å²) in [6.07, 6.45) is 2.94. The topological polar surface area (TPSA) is 76.7 Å². The lowest BCUT2D eigenvalue weighted by atomic mass is 9.96. The Kier molecular flexibility index (Phi) is 4.98. The number of hydrogen-bond acceptors (Lipinski definition) is 6. The van der Waals surface area contributed by atoms with Crippen LogP contribution in [-0.4, -0.2) is 23.4 Å². The van der Waals surface area contributed by atoms with Gasteiger partial charge >= 0.3 is 5.97 Å². The van der Waals surface area contributed by atoms with E-state index in [1.807, 2.05) is 0 Å². The Balaban J connectivity index is 2.11. The first-order chi connectivity index (χ1) is 12.0. The van der Waals surface area contributed by atoms with E-state index < -0.39 is 12.0 Å². The Morgan fingerprint density at radius 3 is 2.92 bits per heavy atom. The molecular weight excluding hydrogens is 393 g/mol. The van der Waals surface area contributed by atoms with Crippen molar-refractivity contribution in [2.75, 3.05) is 6.61 Å². The molecule has 25 heavy (non-hydrogen) atoms. The number of benzene rings is 1. The zero-order valence-electron chi connectivity index (χ0n) is 13.5. The minimum Gasteiger partial charge on any atom is -0.463 e. The first-order valence-electron chi connectivity index (χ1n) is 7.58. The van der Waals surface area contributed by atoms with Crippen LogP contribution in [0.2, 0.25) is 0 Å². The third-order valence-electron chi connectivity index (χ3n) is 3.63. The lowest BCUT2D eigenvalue weighted by Crippen LogP contribution is -2.33. The molecule has 3 rings (SSSR count). The summed E-state index contributed by atoms with van der Waals surface area (Å²) in [5.41, 5.74) is 1.56. The fourth-order valence-corrected chi connectivity index (χ4v) is 3.11. The van der Waals surface area contributed by atoms with Gasteiger partial charge < -0.3 is 14.5 Å². The number of aromatic nitrogens is 1. The summed E-state index contributed by atoms with van der Waals surface area (Å²) in [7, 11) is 0. The van der Waals surface area contributed by atoms with Crippen molar-refractivity contribution in [3.63, 3.8) is 0 Å². The lowest BCUT2D eigenvalue weighted by molar-refractivity contribution is -0.138. The summed E-state index contributed by atoms with van der Waals surface area (Å²) < 4.78 is 24.4. The SMILES string of the molecule is CCOC(=O)C1=C(C)NC(c2ncco2)=NC1c1ccc(F)cc1Br. The van der Waals surface area contributed by atoms with E-state index >= 15 is 0 Å². The van der Waals surface area contributed by atoms with Crippen LogP contribution in [0.4, 0.5) is 4.39 Å². The first kappa shape index (κ1) is 17.3. The van der Waals surface area contributed by atoms with Gasteiger partial charge in [-0.05, 0) is 31.5 Å². The quantitative estimate of drug-likeness (QED) is 0.784. The highest BCUT2D eigenvalue weighted by Gasteiger charge is 2.32. The number of nitrogens with one attached hydrogen (secondary N) is 1. The fourth-order valence-electron chi connectivity index (χ4n) is 2.55.